The molecule has 4 nitrogen and oxygen atoms in total. The van der Waals surface area contributed by atoms with Crippen molar-refractivity contribution in [2.24, 2.45) is 5.41 Å². The minimum atomic E-state index is -0.806. The van der Waals surface area contributed by atoms with E-state index in [4.69, 9.17) is 14.6 Å². The zero-order valence-corrected chi connectivity index (χ0v) is 11.1. The normalized spacial score (nSPS) is 11.3. The summed E-state index contributed by atoms with van der Waals surface area (Å²) in [5, 5.41) is 8.98. The predicted octanol–water partition coefficient (Wildman–Crippen LogP) is 2.71. The molecule has 0 aliphatic heterocycles. The van der Waals surface area contributed by atoms with Gasteiger partial charge >= 0.3 is 5.97 Å². The number of carboxylic acids is 1. The van der Waals surface area contributed by atoms with Gasteiger partial charge in [0.05, 0.1) is 18.6 Å². The van der Waals surface area contributed by atoms with Crippen molar-refractivity contribution in [2.45, 2.75) is 26.9 Å². The van der Waals surface area contributed by atoms with Crippen molar-refractivity contribution in [1.29, 1.82) is 0 Å². The first-order valence-electron chi connectivity index (χ1n) is 5.90. The Hall–Kier alpha value is -1.55. The molecule has 1 aromatic carbocycles. The van der Waals surface area contributed by atoms with Crippen LogP contribution in [0.2, 0.25) is 0 Å². The second-order valence-electron chi connectivity index (χ2n) is 4.87. The van der Waals surface area contributed by atoms with E-state index >= 15 is 0 Å². The van der Waals surface area contributed by atoms with Crippen LogP contribution in [0.25, 0.3) is 0 Å². The Balaban J connectivity index is 2.49. The molecule has 0 fully saturated rings. The van der Waals surface area contributed by atoms with Gasteiger partial charge in [-0.3, -0.25) is 4.79 Å². The van der Waals surface area contributed by atoms with Crippen LogP contribution in [-0.4, -0.2) is 24.8 Å². The quantitative estimate of drug-likeness (QED) is 0.810. The number of hydrogen-bond donors (Lipinski definition) is 1. The highest BCUT2D eigenvalue weighted by Gasteiger charge is 2.26. The number of benzene rings is 1. The third-order valence-electron chi connectivity index (χ3n) is 2.78. The first-order chi connectivity index (χ1) is 8.45. The summed E-state index contributed by atoms with van der Waals surface area (Å²) in [5.74, 6) is -0.0648. The lowest BCUT2D eigenvalue weighted by Crippen LogP contribution is -2.25. The lowest BCUT2D eigenvalue weighted by atomic mass is 9.90. The van der Waals surface area contributed by atoms with Crippen LogP contribution in [-0.2, 0) is 16.1 Å². The van der Waals surface area contributed by atoms with Gasteiger partial charge in [0, 0.05) is 7.11 Å². The van der Waals surface area contributed by atoms with Crippen molar-refractivity contribution in [3.8, 4) is 5.75 Å². The number of hydrogen-bond acceptors (Lipinski definition) is 3. The van der Waals surface area contributed by atoms with Crippen LogP contribution >= 0.6 is 0 Å². The maximum Gasteiger partial charge on any atom is 0.309 e. The minimum absolute atomic E-state index is 0.385. The molecule has 18 heavy (non-hydrogen) atoms. The highest BCUT2D eigenvalue weighted by Crippen LogP contribution is 2.21. The molecule has 100 valence electrons. The first kappa shape index (κ1) is 14.5. The average Bonchev–Trinajstić information content (AvgIpc) is 2.29. The molecule has 0 saturated heterocycles. The molecule has 1 rings (SSSR count). The van der Waals surface area contributed by atoms with Gasteiger partial charge in [-0.25, -0.2) is 0 Å². The number of aliphatic carboxylic acids is 1. The van der Waals surface area contributed by atoms with Crippen molar-refractivity contribution < 1.29 is 19.4 Å². The van der Waals surface area contributed by atoms with Gasteiger partial charge in [-0.15, -0.1) is 0 Å². The van der Waals surface area contributed by atoms with Crippen molar-refractivity contribution >= 4 is 5.97 Å². The summed E-state index contributed by atoms with van der Waals surface area (Å²) < 4.78 is 10.6. The maximum absolute atomic E-state index is 10.9. The van der Waals surface area contributed by atoms with Crippen molar-refractivity contribution in [3.05, 3.63) is 29.8 Å². The Morgan fingerprint density at radius 3 is 2.72 bits per heavy atom. The van der Waals surface area contributed by atoms with Crippen LogP contribution in [0.3, 0.4) is 0 Å². The molecular weight excluding hydrogens is 232 g/mol. The molecule has 4 heteroatoms. The number of ether oxygens (including phenoxy) is 2. The van der Waals surface area contributed by atoms with Crippen LogP contribution < -0.4 is 4.74 Å². The van der Waals surface area contributed by atoms with Gasteiger partial charge in [0.2, 0.25) is 0 Å². The van der Waals surface area contributed by atoms with E-state index in [2.05, 4.69) is 0 Å². The van der Waals surface area contributed by atoms with Crippen molar-refractivity contribution in [2.75, 3.05) is 13.7 Å². The average molecular weight is 252 g/mol. The Kier molecular flexibility index (Phi) is 5.16. The van der Waals surface area contributed by atoms with E-state index in [0.29, 0.717) is 19.6 Å². The summed E-state index contributed by atoms with van der Waals surface area (Å²) in [6.45, 7) is 4.31. The second-order valence-corrected chi connectivity index (χ2v) is 4.87. The standard InChI is InChI=1S/C14H20O4/c1-14(2,13(15)16)7-8-18-12-6-4-5-11(9-12)10-17-3/h4-6,9H,7-8,10H2,1-3H3,(H,15,16). The maximum atomic E-state index is 10.9. The first-order valence-corrected chi connectivity index (χ1v) is 5.90. The van der Waals surface area contributed by atoms with Gasteiger partial charge in [-0.1, -0.05) is 12.1 Å². The SMILES string of the molecule is COCc1cccc(OCCC(C)(C)C(=O)O)c1. The lowest BCUT2D eigenvalue weighted by molar-refractivity contribution is -0.147. The van der Waals surface area contributed by atoms with Crippen LogP contribution in [0.5, 0.6) is 5.75 Å². The second kappa shape index (κ2) is 6.40. The van der Waals surface area contributed by atoms with E-state index < -0.39 is 11.4 Å². The largest absolute Gasteiger partial charge is 0.494 e. The Morgan fingerprint density at radius 2 is 2.11 bits per heavy atom. The number of rotatable bonds is 7. The van der Waals surface area contributed by atoms with E-state index in [0.717, 1.165) is 11.3 Å². The molecule has 0 heterocycles. The predicted molar refractivity (Wildman–Crippen MR) is 68.7 cm³/mol. The fourth-order valence-corrected chi connectivity index (χ4v) is 1.42. The smallest absolute Gasteiger partial charge is 0.309 e. The van der Waals surface area contributed by atoms with E-state index in [1.165, 1.54) is 0 Å². The number of carbonyl (C=O) groups is 1. The van der Waals surface area contributed by atoms with Crippen LogP contribution in [0.15, 0.2) is 24.3 Å². The van der Waals surface area contributed by atoms with Gasteiger partial charge in [-0.05, 0) is 38.0 Å². The molecule has 0 unspecified atom stereocenters. The molecule has 0 aliphatic rings. The fourth-order valence-electron chi connectivity index (χ4n) is 1.42. The summed E-state index contributed by atoms with van der Waals surface area (Å²) in [6, 6.07) is 7.60. The summed E-state index contributed by atoms with van der Waals surface area (Å²) in [6.07, 6.45) is 0.469. The van der Waals surface area contributed by atoms with Crippen LogP contribution in [0.4, 0.5) is 0 Å². The topological polar surface area (TPSA) is 55.8 Å². The van der Waals surface area contributed by atoms with Crippen LogP contribution in [0.1, 0.15) is 25.8 Å². The van der Waals surface area contributed by atoms with Gasteiger partial charge in [0.25, 0.3) is 0 Å². The molecule has 1 N–H and O–H groups in total. The highest BCUT2D eigenvalue weighted by atomic mass is 16.5. The Morgan fingerprint density at radius 1 is 1.39 bits per heavy atom. The van der Waals surface area contributed by atoms with Crippen molar-refractivity contribution in [3.63, 3.8) is 0 Å². The third kappa shape index (κ3) is 4.37. The Bertz CT molecular complexity index is 399. The van der Waals surface area contributed by atoms with Gasteiger partial charge in [0.1, 0.15) is 5.75 Å². The fraction of sp³-hybridized carbons (Fsp3) is 0.500. The summed E-state index contributed by atoms with van der Waals surface area (Å²) in [5.41, 5.74) is 0.275. The molecule has 1 aromatic rings. The zero-order chi connectivity index (χ0) is 13.6. The van der Waals surface area contributed by atoms with E-state index in [1.54, 1.807) is 21.0 Å². The summed E-state index contributed by atoms with van der Waals surface area (Å²) in [4.78, 5) is 10.9. The van der Waals surface area contributed by atoms with Gasteiger partial charge in [0.15, 0.2) is 0 Å². The lowest BCUT2D eigenvalue weighted by Gasteiger charge is -2.19. The minimum Gasteiger partial charge on any atom is -0.494 e. The molecule has 0 atom stereocenters. The molecule has 0 saturated carbocycles. The van der Waals surface area contributed by atoms with E-state index in [9.17, 15) is 4.79 Å². The molecule has 0 bridgehead atoms. The summed E-state index contributed by atoms with van der Waals surface area (Å²) >= 11 is 0. The van der Waals surface area contributed by atoms with Gasteiger partial charge in [-0.2, -0.15) is 0 Å². The highest BCUT2D eigenvalue weighted by molar-refractivity contribution is 5.73. The molecular formula is C14H20O4. The molecule has 0 aliphatic carbocycles. The molecule has 0 spiro atoms. The summed E-state index contributed by atoms with van der Waals surface area (Å²) in [7, 11) is 1.64. The monoisotopic (exact) mass is 252 g/mol. The van der Waals surface area contributed by atoms with Gasteiger partial charge < -0.3 is 14.6 Å². The molecule has 0 aromatic heterocycles. The van der Waals surface area contributed by atoms with Crippen molar-refractivity contribution in [1.82, 2.24) is 0 Å². The van der Waals surface area contributed by atoms with E-state index in [-0.39, 0.29) is 0 Å². The number of carboxylic acid groups (broad SMARTS) is 1. The molecule has 0 amide bonds. The molecule has 0 radical (unpaired) electrons. The third-order valence-corrected chi connectivity index (χ3v) is 2.78. The zero-order valence-electron chi connectivity index (χ0n) is 11.1. The van der Waals surface area contributed by atoms with E-state index in [1.807, 2.05) is 24.3 Å². The Labute approximate surface area is 108 Å². The van der Waals surface area contributed by atoms with Crippen LogP contribution in [0, 0.1) is 5.41 Å². The number of methoxy groups -OCH3 is 1.